The van der Waals surface area contributed by atoms with E-state index in [2.05, 4.69) is 60.2 Å². The summed E-state index contributed by atoms with van der Waals surface area (Å²) in [4.78, 5) is 1.18. The van der Waals surface area contributed by atoms with E-state index in [9.17, 15) is 0 Å². The number of rotatable bonds is 4. The smallest absolute Gasteiger partial charge is 0.0443 e. The lowest BCUT2D eigenvalue weighted by Gasteiger charge is -2.06. The Morgan fingerprint density at radius 1 is 1.00 bits per heavy atom. The quantitative estimate of drug-likeness (QED) is 0.807. The zero-order chi connectivity index (χ0) is 12.1. The Morgan fingerprint density at radius 2 is 1.65 bits per heavy atom. The van der Waals surface area contributed by atoms with Gasteiger partial charge in [0.05, 0.1) is 0 Å². The molecule has 0 bridgehead atoms. The number of nitrogens with two attached hydrogens (primary N) is 1. The highest BCUT2D eigenvalue weighted by molar-refractivity contribution is 8.00. The standard InChI is InChI=1S/C14H16N2S/c1-11-2-6-13(7-3-11)16-17-14-8-4-12(10-15)5-9-14/h2-9,16H,10,15H2,1H3. The summed E-state index contributed by atoms with van der Waals surface area (Å²) in [6.45, 7) is 2.68. The highest BCUT2D eigenvalue weighted by Crippen LogP contribution is 2.21. The maximum atomic E-state index is 5.56. The number of anilines is 1. The molecule has 0 saturated heterocycles. The van der Waals surface area contributed by atoms with Crippen molar-refractivity contribution in [2.24, 2.45) is 5.73 Å². The molecule has 88 valence electrons. The number of hydrogen-bond donors (Lipinski definition) is 2. The molecule has 0 aromatic heterocycles. The van der Waals surface area contributed by atoms with Crippen molar-refractivity contribution in [1.29, 1.82) is 0 Å². The molecule has 0 saturated carbocycles. The molecular weight excluding hydrogens is 228 g/mol. The van der Waals surface area contributed by atoms with Crippen molar-refractivity contribution in [2.75, 3.05) is 4.72 Å². The predicted molar refractivity (Wildman–Crippen MR) is 75.0 cm³/mol. The summed E-state index contributed by atoms with van der Waals surface area (Å²) in [6, 6.07) is 16.6. The largest absolute Gasteiger partial charge is 0.326 e. The van der Waals surface area contributed by atoms with Crippen LogP contribution in [-0.2, 0) is 6.54 Å². The molecule has 0 atom stereocenters. The van der Waals surface area contributed by atoms with Gasteiger partial charge < -0.3 is 10.5 Å². The van der Waals surface area contributed by atoms with Crippen LogP contribution in [0.15, 0.2) is 53.4 Å². The van der Waals surface area contributed by atoms with Crippen molar-refractivity contribution in [3.8, 4) is 0 Å². The van der Waals surface area contributed by atoms with Crippen molar-refractivity contribution in [2.45, 2.75) is 18.4 Å². The van der Waals surface area contributed by atoms with E-state index >= 15 is 0 Å². The average Bonchev–Trinajstić information content (AvgIpc) is 2.39. The van der Waals surface area contributed by atoms with Gasteiger partial charge in [-0.15, -0.1) is 0 Å². The van der Waals surface area contributed by atoms with Gasteiger partial charge in [-0.2, -0.15) is 0 Å². The molecule has 2 nitrogen and oxygen atoms in total. The predicted octanol–water partition coefficient (Wildman–Crippen LogP) is 3.57. The maximum Gasteiger partial charge on any atom is 0.0443 e. The molecule has 0 aliphatic carbocycles. The fourth-order valence-electron chi connectivity index (χ4n) is 1.43. The van der Waals surface area contributed by atoms with Crippen molar-refractivity contribution < 1.29 is 0 Å². The van der Waals surface area contributed by atoms with Gasteiger partial charge in [0, 0.05) is 17.1 Å². The summed E-state index contributed by atoms with van der Waals surface area (Å²) in [5.74, 6) is 0. The zero-order valence-corrected chi connectivity index (χ0v) is 10.6. The number of hydrogen-bond acceptors (Lipinski definition) is 3. The molecule has 2 aromatic rings. The lowest BCUT2D eigenvalue weighted by Crippen LogP contribution is -1.95. The lowest BCUT2D eigenvalue weighted by molar-refractivity contribution is 1.07. The van der Waals surface area contributed by atoms with Gasteiger partial charge in [0.1, 0.15) is 0 Å². The summed E-state index contributed by atoms with van der Waals surface area (Å²) < 4.78 is 3.31. The molecule has 0 spiro atoms. The van der Waals surface area contributed by atoms with Gasteiger partial charge in [-0.05, 0) is 48.7 Å². The topological polar surface area (TPSA) is 38.0 Å². The molecule has 0 heterocycles. The van der Waals surface area contributed by atoms with Gasteiger partial charge in [-0.1, -0.05) is 29.8 Å². The van der Waals surface area contributed by atoms with Crippen LogP contribution in [0.5, 0.6) is 0 Å². The van der Waals surface area contributed by atoms with Crippen molar-refractivity contribution in [3.05, 3.63) is 59.7 Å². The van der Waals surface area contributed by atoms with Crippen LogP contribution >= 0.6 is 11.9 Å². The van der Waals surface area contributed by atoms with Crippen LogP contribution in [0.2, 0.25) is 0 Å². The van der Waals surface area contributed by atoms with Crippen molar-refractivity contribution >= 4 is 17.6 Å². The van der Waals surface area contributed by atoms with E-state index in [-0.39, 0.29) is 0 Å². The monoisotopic (exact) mass is 244 g/mol. The Hall–Kier alpha value is -1.45. The molecule has 0 unspecified atom stereocenters. The van der Waals surface area contributed by atoms with Gasteiger partial charge in [0.25, 0.3) is 0 Å². The van der Waals surface area contributed by atoms with Crippen molar-refractivity contribution in [3.63, 3.8) is 0 Å². The first-order chi connectivity index (χ1) is 8.28. The van der Waals surface area contributed by atoms with Gasteiger partial charge in [0.15, 0.2) is 0 Å². The van der Waals surface area contributed by atoms with Crippen LogP contribution < -0.4 is 10.5 Å². The first kappa shape index (κ1) is 12.0. The van der Waals surface area contributed by atoms with Crippen LogP contribution in [0, 0.1) is 6.92 Å². The van der Waals surface area contributed by atoms with E-state index in [0.29, 0.717) is 6.54 Å². The number of aryl methyl sites for hydroxylation is 1. The van der Waals surface area contributed by atoms with E-state index < -0.39 is 0 Å². The molecule has 0 radical (unpaired) electrons. The Labute approximate surface area is 106 Å². The second kappa shape index (κ2) is 5.75. The molecule has 3 N–H and O–H groups in total. The Bertz CT molecular complexity index is 463. The summed E-state index contributed by atoms with van der Waals surface area (Å²) in [5, 5.41) is 0. The van der Waals surface area contributed by atoms with E-state index in [1.807, 2.05) is 0 Å². The molecule has 17 heavy (non-hydrogen) atoms. The summed E-state index contributed by atoms with van der Waals surface area (Å²) in [7, 11) is 0. The average molecular weight is 244 g/mol. The fourth-order valence-corrected chi connectivity index (χ4v) is 2.08. The Morgan fingerprint density at radius 3 is 2.24 bits per heavy atom. The third-order valence-corrected chi connectivity index (χ3v) is 3.34. The first-order valence-corrected chi connectivity index (χ1v) is 6.38. The SMILES string of the molecule is Cc1ccc(NSc2ccc(CN)cc2)cc1. The third kappa shape index (κ3) is 3.51. The second-order valence-corrected chi connectivity index (χ2v) is 4.80. The van der Waals surface area contributed by atoms with Crippen LogP contribution in [0.3, 0.4) is 0 Å². The number of nitrogens with one attached hydrogen (secondary N) is 1. The van der Waals surface area contributed by atoms with Crippen LogP contribution in [-0.4, -0.2) is 0 Å². The number of benzene rings is 2. The molecule has 0 aliphatic rings. The van der Waals surface area contributed by atoms with Crippen molar-refractivity contribution in [1.82, 2.24) is 0 Å². The van der Waals surface area contributed by atoms with E-state index in [0.717, 1.165) is 11.3 Å². The normalized spacial score (nSPS) is 10.2. The molecule has 3 heteroatoms. The van der Waals surface area contributed by atoms with Crippen LogP contribution in [0.1, 0.15) is 11.1 Å². The summed E-state index contributed by atoms with van der Waals surface area (Å²) in [5.41, 5.74) is 9.10. The zero-order valence-electron chi connectivity index (χ0n) is 9.81. The highest BCUT2D eigenvalue weighted by Gasteiger charge is 1.95. The van der Waals surface area contributed by atoms with Crippen LogP contribution in [0.4, 0.5) is 5.69 Å². The first-order valence-electron chi connectivity index (χ1n) is 5.56. The Kier molecular flexibility index (Phi) is 4.07. The van der Waals surface area contributed by atoms with E-state index in [1.165, 1.54) is 10.5 Å². The maximum absolute atomic E-state index is 5.56. The molecule has 2 rings (SSSR count). The molecular formula is C14H16N2S. The molecule has 2 aromatic carbocycles. The van der Waals surface area contributed by atoms with Crippen LogP contribution in [0.25, 0.3) is 0 Å². The lowest BCUT2D eigenvalue weighted by atomic mass is 10.2. The molecule has 0 fully saturated rings. The summed E-state index contributed by atoms with van der Waals surface area (Å²) >= 11 is 1.61. The third-order valence-electron chi connectivity index (χ3n) is 2.50. The fraction of sp³-hybridized carbons (Fsp3) is 0.143. The molecule has 0 aliphatic heterocycles. The Balaban J connectivity index is 1.95. The van der Waals surface area contributed by atoms with E-state index in [4.69, 9.17) is 5.73 Å². The second-order valence-electron chi connectivity index (χ2n) is 3.92. The van der Waals surface area contributed by atoms with Gasteiger partial charge >= 0.3 is 0 Å². The van der Waals surface area contributed by atoms with Gasteiger partial charge in [-0.3, -0.25) is 0 Å². The summed E-state index contributed by atoms with van der Waals surface area (Å²) in [6.07, 6.45) is 0. The molecule has 0 amide bonds. The minimum Gasteiger partial charge on any atom is -0.326 e. The highest BCUT2D eigenvalue weighted by atomic mass is 32.2. The minimum absolute atomic E-state index is 0.594. The van der Waals surface area contributed by atoms with Gasteiger partial charge in [-0.25, -0.2) is 0 Å². The van der Waals surface area contributed by atoms with Gasteiger partial charge in [0.2, 0.25) is 0 Å². The van der Waals surface area contributed by atoms with E-state index in [1.54, 1.807) is 11.9 Å². The minimum atomic E-state index is 0.594.